The van der Waals surface area contributed by atoms with Gasteiger partial charge in [0.1, 0.15) is 0 Å². The topological polar surface area (TPSA) is 41.1 Å². The number of anilines is 1. The number of halogens is 1. The number of thioether (sulfide) groups is 1. The molecule has 5 heteroatoms. The van der Waals surface area contributed by atoms with Crippen molar-refractivity contribution in [2.24, 2.45) is 0 Å². The highest BCUT2D eigenvalue weighted by atomic mass is 35.5. The molecule has 0 fully saturated rings. The van der Waals surface area contributed by atoms with Crippen LogP contribution in [0.4, 0.5) is 5.69 Å². The van der Waals surface area contributed by atoms with Gasteiger partial charge in [-0.2, -0.15) is 0 Å². The lowest BCUT2D eigenvalue weighted by molar-refractivity contribution is -0.115. The van der Waals surface area contributed by atoms with E-state index in [1.807, 2.05) is 30.3 Å². The van der Waals surface area contributed by atoms with E-state index in [2.05, 4.69) is 22.8 Å². The number of para-hydroxylation sites is 1. The molecule has 0 spiro atoms. The smallest absolute Gasteiger partial charge is 0.238 e. The fraction of sp³-hybridized carbons (Fsp3) is 0.188. The molecule has 0 saturated heterocycles. The van der Waals surface area contributed by atoms with Crippen molar-refractivity contribution in [2.45, 2.75) is 4.90 Å². The zero-order valence-corrected chi connectivity index (χ0v) is 13.1. The monoisotopic (exact) mass is 320 g/mol. The molecule has 2 N–H and O–H groups in total. The lowest BCUT2D eigenvalue weighted by Crippen LogP contribution is -2.29. The minimum absolute atomic E-state index is 0.0900. The van der Waals surface area contributed by atoms with Gasteiger partial charge in [0.05, 0.1) is 17.3 Å². The van der Waals surface area contributed by atoms with Crippen LogP contribution in [0.15, 0.2) is 59.5 Å². The van der Waals surface area contributed by atoms with Gasteiger partial charge in [-0.1, -0.05) is 41.9 Å². The maximum absolute atomic E-state index is 11.8. The lowest BCUT2D eigenvalue weighted by Gasteiger charge is -2.08. The summed E-state index contributed by atoms with van der Waals surface area (Å²) >= 11 is 7.74. The zero-order valence-electron chi connectivity index (χ0n) is 11.5. The molecule has 0 aromatic heterocycles. The van der Waals surface area contributed by atoms with Crippen LogP contribution in [0.2, 0.25) is 5.02 Å². The maximum Gasteiger partial charge on any atom is 0.238 e. The highest BCUT2D eigenvalue weighted by Crippen LogP contribution is 2.20. The Kier molecular flexibility index (Phi) is 6.60. The molecule has 21 heavy (non-hydrogen) atoms. The quantitative estimate of drug-likeness (QED) is 0.604. The second-order valence-electron chi connectivity index (χ2n) is 4.37. The highest BCUT2D eigenvalue weighted by molar-refractivity contribution is 7.99. The first kappa shape index (κ1) is 15.9. The number of hydrogen-bond donors (Lipinski definition) is 2. The van der Waals surface area contributed by atoms with E-state index in [0.717, 1.165) is 12.3 Å². The van der Waals surface area contributed by atoms with Crippen molar-refractivity contribution in [1.29, 1.82) is 0 Å². The van der Waals surface area contributed by atoms with Crippen LogP contribution in [0.5, 0.6) is 0 Å². The summed E-state index contributed by atoms with van der Waals surface area (Å²) in [6, 6.07) is 17.4. The van der Waals surface area contributed by atoms with Crippen molar-refractivity contribution in [1.82, 2.24) is 5.32 Å². The van der Waals surface area contributed by atoms with Gasteiger partial charge in [0.15, 0.2) is 0 Å². The Morgan fingerprint density at radius 3 is 2.52 bits per heavy atom. The van der Waals surface area contributed by atoms with E-state index in [0.29, 0.717) is 10.7 Å². The summed E-state index contributed by atoms with van der Waals surface area (Å²) in [5.74, 6) is 0.830. The largest absolute Gasteiger partial charge is 0.324 e. The van der Waals surface area contributed by atoms with E-state index in [-0.39, 0.29) is 12.5 Å². The first-order valence-electron chi connectivity index (χ1n) is 6.68. The van der Waals surface area contributed by atoms with Crippen LogP contribution < -0.4 is 10.6 Å². The Balaban J connectivity index is 1.63. The molecule has 2 aromatic rings. The van der Waals surface area contributed by atoms with Gasteiger partial charge in [0, 0.05) is 17.2 Å². The van der Waals surface area contributed by atoms with Crippen molar-refractivity contribution in [3.05, 3.63) is 59.6 Å². The second kappa shape index (κ2) is 8.72. The van der Waals surface area contributed by atoms with E-state index >= 15 is 0 Å². The van der Waals surface area contributed by atoms with Crippen molar-refractivity contribution in [3.63, 3.8) is 0 Å². The Labute approximate surface area is 134 Å². The van der Waals surface area contributed by atoms with E-state index in [1.54, 1.807) is 23.9 Å². The summed E-state index contributed by atoms with van der Waals surface area (Å²) in [6.07, 6.45) is 0. The molecule has 2 aromatic carbocycles. The number of benzene rings is 2. The van der Waals surface area contributed by atoms with Crippen LogP contribution in [0.1, 0.15) is 0 Å². The van der Waals surface area contributed by atoms with E-state index < -0.39 is 0 Å². The zero-order chi connectivity index (χ0) is 14.9. The Hall–Kier alpha value is -1.49. The van der Waals surface area contributed by atoms with Gasteiger partial charge in [-0.05, 0) is 24.3 Å². The van der Waals surface area contributed by atoms with Gasteiger partial charge in [-0.3, -0.25) is 4.79 Å². The van der Waals surface area contributed by atoms with Gasteiger partial charge in [0.25, 0.3) is 0 Å². The summed E-state index contributed by atoms with van der Waals surface area (Å²) in [4.78, 5) is 13.0. The number of hydrogen-bond acceptors (Lipinski definition) is 3. The predicted molar refractivity (Wildman–Crippen MR) is 90.1 cm³/mol. The second-order valence-corrected chi connectivity index (χ2v) is 5.94. The van der Waals surface area contributed by atoms with Crippen LogP contribution in [-0.2, 0) is 4.79 Å². The fourth-order valence-electron chi connectivity index (χ4n) is 1.72. The van der Waals surface area contributed by atoms with Crippen LogP contribution in [0.25, 0.3) is 0 Å². The summed E-state index contributed by atoms with van der Waals surface area (Å²) in [5, 5.41) is 6.44. The third-order valence-electron chi connectivity index (χ3n) is 2.72. The molecule has 3 nitrogen and oxygen atoms in total. The molecular weight excluding hydrogens is 304 g/mol. The van der Waals surface area contributed by atoms with Crippen LogP contribution in [-0.4, -0.2) is 24.7 Å². The normalized spacial score (nSPS) is 10.3. The third-order valence-corrected chi connectivity index (χ3v) is 4.07. The minimum Gasteiger partial charge on any atom is -0.324 e. The Morgan fingerprint density at radius 2 is 1.76 bits per heavy atom. The van der Waals surface area contributed by atoms with E-state index in [9.17, 15) is 4.79 Å². The third kappa shape index (κ3) is 5.79. The molecule has 0 aliphatic rings. The molecule has 0 radical (unpaired) electrons. The molecule has 0 aliphatic carbocycles. The minimum atomic E-state index is -0.0900. The number of carbonyl (C=O) groups is 1. The number of rotatable bonds is 7. The predicted octanol–water partition coefficient (Wildman–Crippen LogP) is 3.66. The molecule has 0 saturated carbocycles. The van der Waals surface area contributed by atoms with Crippen LogP contribution in [0, 0.1) is 0 Å². The molecule has 0 unspecified atom stereocenters. The molecule has 0 bridgehead atoms. The van der Waals surface area contributed by atoms with Gasteiger partial charge in [-0.15, -0.1) is 11.8 Å². The van der Waals surface area contributed by atoms with Crippen molar-refractivity contribution < 1.29 is 4.79 Å². The fourth-order valence-corrected chi connectivity index (χ4v) is 2.73. The summed E-state index contributed by atoms with van der Waals surface area (Å²) in [5.41, 5.74) is 0.643. The van der Waals surface area contributed by atoms with Crippen molar-refractivity contribution in [3.8, 4) is 0 Å². The maximum atomic E-state index is 11.8. The highest BCUT2D eigenvalue weighted by Gasteiger charge is 2.04. The van der Waals surface area contributed by atoms with Gasteiger partial charge >= 0.3 is 0 Å². The molecule has 0 aliphatic heterocycles. The summed E-state index contributed by atoms with van der Waals surface area (Å²) < 4.78 is 0. The molecule has 110 valence electrons. The molecule has 1 amide bonds. The number of nitrogens with one attached hydrogen (secondary N) is 2. The molecule has 0 heterocycles. The van der Waals surface area contributed by atoms with E-state index in [4.69, 9.17) is 11.6 Å². The van der Waals surface area contributed by atoms with Crippen LogP contribution >= 0.6 is 23.4 Å². The van der Waals surface area contributed by atoms with Crippen molar-refractivity contribution >= 4 is 35.0 Å². The number of carbonyl (C=O) groups excluding carboxylic acids is 1. The first-order valence-corrected chi connectivity index (χ1v) is 8.05. The standard InChI is InChI=1S/C16H17ClN2OS/c17-14-8-4-5-9-15(14)19-16(20)12-18-10-11-21-13-6-2-1-3-7-13/h1-9,18H,10-12H2,(H,19,20). The van der Waals surface area contributed by atoms with Gasteiger partial charge < -0.3 is 10.6 Å². The van der Waals surface area contributed by atoms with Gasteiger partial charge in [-0.25, -0.2) is 0 Å². The number of amides is 1. The average molecular weight is 321 g/mol. The molecule has 2 rings (SSSR count). The summed E-state index contributed by atoms with van der Waals surface area (Å²) in [7, 11) is 0. The molecular formula is C16H17ClN2OS. The van der Waals surface area contributed by atoms with Crippen LogP contribution in [0.3, 0.4) is 0 Å². The average Bonchev–Trinajstić information content (AvgIpc) is 2.50. The summed E-state index contributed by atoms with van der Waals surface area (Å²) in [6.45, 7) is 1.05. The Bertz CT molecular complexity index is 577. The molecule has 0 atom stereocenters. The lowest BCUT2D eigenvalue weighted by atomic mass is 10.3. The first-order chi connectivity index (χ1) is 10.3. The Morgan fingerprint density at radius 1 is 1.05 bits per heavy atom. The SMILES string of the molecule is O=C(CNCCSc1ccccc1)Nc1ccccc1Cl. The van der Waals surface area contributed by atoms with Gasteiger partial charge in [0.2, 0.25) is 5.91 Å². The van der Waals surface area contributed by atoms with E-state index in [1.165, 1.54) is 4.90 Å². The van der Waals surface area contributed by atoms with Crippen molar-refractivity contribution in [2.75, 3.05) is 24.2 Å².